The Morgan fingerprint density at radius 3 is 2.50 bits per heavy atom. The van der Waals surface area contributed by atoms with Crippen LogP contribution in [0.25, 0.3) is 0 Å². The van der Waals surface area contributed by atoms with E-state index in [4.69, 9.17) is 4.74 Å². The van der Waals surface area contributed by atoms with Crippen LogP contribution in [-0.4, -0.2) is 29.1 Å². The maximum atomic E-state index is 11.9. The van der Waals surface area contributed by atoms with Crippen LogP contribution in [0.4, 0.5) is 17.3 Å². The number of methoxy groups -OCH3 is 1. The van der Waals surface area contributed by atoms with Crippen LogP contribution in [0.1, 0.15) is 54.7 Å². The maximum Gasteiger partial charge on any atom is 0.339 e. The molecule has 0 radical (unpaired) electrons. The lowest BCUT2D eigenvalue weighted by Gasteiger charge is -2.18. The molecule has 1 aromatic carbocycles. The zero-order valence-corrected chi connectivity index (χ0v) is 15.4. The van der Waals surface area contributed by atoms with Crippen LogP contribution in [0, 0.1) is 6.92 Å². The number of nitrogens with zero attached hydrogens (tertiary/aromatic N) is 2. The molecule has 1 aliphatic rings. The second-order valence-electron chi connectivity index (χ2n) is 6.68. The minimum atomic E-state index is -0.379. The number of hydrogen-bond donors (Lipinski definition) is 2. The molecule has 0 saturated heterocycles. The summed E-state index contributed by atoms with van der Waals surface area (Å²) in [5, 5.41) is 6.78. The lowest BCUT2D eigenvalue weighted by atomic mass is 10.1. The molecule has 6 heteroatoms. The van der Waals surface area contributed by atoms with E-state index in [2.05, 4.69) is 20.6 Å². The van der Waals surface area contributed by atoms with Crippen LogP contribution in [-0.2, 0) is 4.74 Å². The second-order valence-corrected chi connectivity index (χ2v) is 6.68. The number of anilines is 3. The number of aromatic nitrogens is 2. The van der Waals surface area contributed by atoms with Gasteiger partial charge in [0.15, 0.2) is 0 Å². The molecule has 1 aliphatic carbocycles. The van der Waals surface area contributed by atoms with Crippen molar-refractivity contribution >= 4 is 23.3 Å². The van der Waals surface area contributed by atoms with E-state index >= 15 is 0 Å². The molecular formula is C20H26N4O2. The molecule has 1 heterocycles. The Hall–Kier alpha value is -2.63. The normalized spacial score (nSPS) is 15.2. The van der Waals surface area contributed by atoms with Crippen LogP contribution in [0.5, 0.6) is 0 Å². The highest BCUT2D eigenvalue weighted by Gasteiger charge is 2.15. The van der Waals surface area contributed by atoms with Crippen LogP contribution in [0.3, 0.4) is 0 Å². The van der Waals surface area contributed by atoms with E-state index in [1.807, 2.05) is 31.2 Å². The number of carbonyl (C=O) groups is 1. The van der Waals surface area contributed by atoms with Gasteiger partial charge >= 0.3 is 5.97 Å². The van der Waals surface area contributed by atoms with Gasteiger partial charge in [0.05, 0.1) is 18.4 Å². The van der Waals surface area contributed by atoms with Gasteiger partial charge in [0.2, 0.25) is 0 Å². The highest BCUT2D eigenvalue weighted by atomic mass is 16.5. The molecule has 26 heavy (non-hydrogen) atoms. The standard InChI is InChI=1S/C20H26N4O2/c1-14-21-18(23-15-9-5-3-4-6-10-15)13-19(22-14)24-17-12-8-7-11-16(17)20(25)26-2/h7-8,11-13,15H,3-6,9-10H2,1-2H3,(H2,21,22,23,24). The number of benzene rings is 1. The molecule has 0 atom stereocenters. The average Bonchev–Trinajstić information content (AvgIpc) is 2.90. The molecule has 0 aliphatic heterocycles. The predicted molar refractivity (Wildman–Crippen MR) is 103 cm³/mol. The van der Waals surface area contributed by atoms with Gasteiger partial charge in [-0.1, -0.05) is 37.8 Å². The number of para-hydroxylation sites is 1. The van der Waals surface area contributed by atoms with Gasteiger partial charge in [-0.2, -0.15) is 0 Å². The molecule has 3 rings (SSSR count). The maximum absolute atomic E-state index is 11.9. The molecule has 0 unspecified atom stereocenters. The number of nitrogens with one attached hydrogen (secondary N) is 2. The fourth-order valence-corrected chi connectivity index (χ4v) is 3.36. The molecule has 138 valence electrons. The first-order chi connectivity index (χ1) is 12.7. The number of carbonyl (C=O) groups excluding carboxylic acids is 1. The van der Waals surface area contributed by atoms with Gasteiger partial charge in [-0.3, -0.25) is 0 Å². The lowest BCUT2D eigenvalue weighted by Crippen LogP contribution is -2.19. The Bertz CT molecular complexity index is 755. The average molecular weight is 354 g/mol. The number of hydrogen-bond acceptors (Lipinski definition) is 6. The lowest BCUT2D eigenvalue weighted by molar-refractivity contribution is 0.0602. The number of esters is 1. The molecular weight excluding hydrogens is 328 g/mol. The topological polar surface area (TPSA) is 76.1 Å². The first-order valence-corrected chi connectivity index (χ1v) is 9.22. The molecule has 0 bridgehead atoms. The highest BCUT2D eigenvalue weighted by molar-refractivity contribution is 5.96. The van der Waals surface area contributed by atoms with Crippen molar-refractivity contribution in [2.24, 2.45) is 0 Å². The van der Waals surface area contributed by atoms with Crippen LogP contribution >= 0.6 is 0 Å². The van der Waals surface area contributed by atoms with E-state index in [9.17, 15) is 4.79 Å². The van der Waals surface area contributed by atoms with E-state index in [-0.39, 0.29) is 5.97 Å². The van der Waals surface area contributed by atoms with Crippen LogP contribution < -0.4 is 10.6 Å². The summed E-state index contributed by atoms with van der Waals surface area (Å²) in [5.74, 6) is 1.78. The van der Waals surface area contributed by atoms with Gasteiger partial charge in [-0.05, 0) is 31.9 Å². The van der Waals surface area contributed by atoms with Crippen molar-refractivity contribution in [1.29, 1.82) is 0 Å². The van der Waals surface area contributed by atoms with Crippen molar-refractivity contribution in [3.05, 3.63) is 41.7 Å². The molecule has 0 amide bonds. The first-order valence-electron chi connectivity index (χ1n) is 9.22. The van der Waals surface area contributed by atoms with E-state index < -0.39 is 0 Å². The summed E-state index contributed by atoms with van der Waals surface area (Å²) in [6.07, 6.45) is 7.52. The van der Waals surface area contributed by atoms with Gasteiger partial charge in [-0.15, -0.1) is 0 Å². The molecule has 6 nitrogen and oxygen atoms in total. The predicted octanol–water partition coefficient (Wildman–Crippen LogP) is 4.45. The van der Waals surface area contributed by atoms with E-state index in [0.29, 0.717) is 28.9 Å². The monoisotopic (exact) mass is 354 g/mol. The second kappa shape index (κ2) is 8.65. The third kappa shape index (κ3) is 4.71. The first kappa shape index (κ1) is 18.2. The third-order valence-electron chi connectivity index (χ3n) is 4.64. The SMILES string of the molecule is COC(=O)c1ccccc1Nc1cc(NC2CCCCCC2)nc(C)n1. The van der Waals surface area contributed by atoms with E-state index in [1.165, 1.54) is 45.6 Å². The Balaban J connectivity index is 1.79. The van der Waals surface area contributed by atoms with Crippen molar-refractivity contribution in [1.82, 2.24) is 9.97 Å². The van der Waals surface area contributed by atoms with Crippen LogP contribution in [0.2, 0.25) is 0 Å². The van der Waals surface area contributed by atoms with Crippen molar-refractivity contribution in [2.75, 3.05) is 17.7 Å². The van der Waals surface area contributed by atoms with Crippen LogP contribution in [0.15, 0.2) is 30.3 Å². The van der Waals surface area contributed by atoms with Gasteiger partial charge in [0, 0.05) is 12.1 Å². The molecule has 2 aromatic rings. The summed E-state index contributed by atoms with van der Waals surface area (Å²) >= 11 is 0. The molecule has 1 aromatic heterocycles. The summed E-state index contributed by atoms with van der Waals surface area (Å²) in [6.45, 7) is 1.87. The summed E-state index contributed by atoms with van der Waals surface area (Å²) in [6, 6.07) is 9.60. The zero-order chi connectivity index (χ0) is 18.4. The van der Waals surface area contributed by atoms with Gasteiger partial charge in [0.25, 0.3) is 0 Å². The summed E-state index contributed by atoms with van der Waals surface area (Å²) < 4.78 is 4.85. The Morgan fingerprint density at radius 1 is 1.08 bits per heavy atom. The quantitative estimate of drug-likeness (QED) is 0.610. The zero-order valence-electron chi connectivity index (χ0n) is 15.4. The van der Waals surface area contributed by atoms with Gasteiger partial charge in [0.1, 0.15) is 17.5 Å². The highest BCUT2D eigenvalue weighted by Crippen LogP contribution is 2.24. The Labute approximate surface area is 154 Å². The number of rotatable bonds is 5. The van der Waals surface area contributed by atoms with Crippen molar-refractivity contribution in [3.63, 3.8) is 0 Å². The summed E-state index contributed by atoms with van der Waals surface area (Å²) in [7, 11) is 1.38. The minimum Gasteiger partial charge on any atom is -0.465 e. The summed E-state index contributed by atoms with van der Waals surface area (Å²) in [5.41, 5.74) is 1.14. The fourth-order valence-electron chi connectivity index (χ4n) is 3.36. The molecule has 0 spiro atoms. The third-order valence-corrected chi connectivity index (χ3v) is 4.64. The van der Waals surface area contributed by atoms with Crippen molar-refractivity contribution in [3.8, 4) is 0 Å². The van der Waals surface area contributed by atoms with E-state index in [1.54, 1.807) is 6.07 Å². The smallest absolute Gasteiger partial charge is 0.339 e. The van der Waals surface area contributed by atoms with Crippen molar-refractivity contribution in [2.45, 2.75) is 51.5 Å². The summed E-state index contributed by atoms with van der Waals surface area (Å²) in [4.78, 5) is 20.9. The molecule has 1 fully saturated rings. The van der Waals surface area contributed by atoms with Gasteiger partial charge in [-0.25, -0.2) is 14.8 Å². The minimum absolute atomic E-state index is 0.379. The molecule has 2 N–H and O–H groups in total. The number of ether oxygens (including phenoxy) is 1. The largest absolute Gasteiger partial charge is 0.465 e. The van der Waals surface area contributed by atoms with Gasteiger partial charge < -0.3 is 15.4 Å². The molecule has 1 saturated carbocycles. The van der Waals surface area contributed by atoms with E-state index in [0.717, 1.165) is 5.82 Å². The fraction of sp³-hybridized carbons (Fsp3) is 0.450. The Morgan fingerprint density at radius 2 is 1.77 bits per heavy atom. The van der Waals surface area contributed by atoms with Crippen molar-refractivity contribution < 1.29 is 9.53 Å². The number of aryl methyl sites for hydroxylation is 1. The Kier molecular flexibility index (Phi) is 6.04.